The molecule has 0 aromatic heterocycles. The lowest BCUT2D eigenvalue weighted by Gasteiger charge is -2.06. The lowest BCUT2D eigenvalue weighted by Crippen LogP contribution is -2.16. The molecule has 3 N–H and O–H groups in total. The first kappa shape index (κ1) is 20.8. The summed E-state index contributed by atoms with van der Waals surface area (Å²) in [6.45, 7) is 3.25. The van der Waals surface area contributed by atoms with Crippen LogP contribution in [0, 0.1) is 17.0 Å². The van der Waals surface area contributed by atoms with Gasteiger partial charge in [-0.05, 0) is 31.0 Å². The quantitative estimate of drug-likeness (QED) is 0.312. The van der Waals surface area contributed by atoms with Gasteiger partial charge in [0.25, 0.3) is 5.69 Å². The summed E-state index contributed by atoms with van der Waals surface area (Å²) in [5.41, 5.74) is 3.11. The number of rotatable bonds is 6. The van der Waals surface area contributed by atoms with Gasteiger partial charge in [-0.3, -0.25) is 10.1 Å². The smallest absolute Gasteiger partial charge is 0.414 e. The number of aryl methyl sites for hydroxylation is 1. The standard InChI is InChI=1S/C16H18N2O2.C2H2O4/c1-13-7-8-15(11-16(13)18(19)20)12-17-10-9-14-5-3-2-4-6-14;3-1(4)2(5)6/h2-8,11,17H,9-10,12H2,1H3;(H,3,4)(H,5,6). The average molecular weight is 360 g/mol. The number of nitrogens with zero attached hydrogens (tertiary/aromatic N) is 1. The highest BCUT2D eigenvalue weighted by molar-refractivity contribution is 6.27. The van der Waals surface area contributed by atoms with Gasteiger partial charge in [0.05, 0.1) is 4.92 Å². The van der Waals surface area contributed by atoms with E-state index in [4.69, 9.17) is 19.8 Å². The minimum absolute atomic E-state index is 0.187. The molecule has 0 aliphatic carbocycles. The number of carboxylic acids is 2. The molecule has 138 valence electrons. The van der Waals surface area contributed by atoms with Crippen LogP contribution in [0.3, 0.4) is 0 Å². The Morgan fingerprint density at radius 2 is 1.65 bits per heavy atom. The summed E-state index contributed by atoms with van der Waals surface area (Å²) in [7, 11) is 0. The summed E-state index contributed by atoms with van der Waals surface area (Å²) in [6.07, 6.45) is 0.953. The van der Waals surface area contributed by atoms with E-state index in [9.17, 15) is 10.1 Å². The number of nitro benzene ring substituents is 1. The summed E-state index contributed by atoms with van der Waals surface area (Å²) >= 11 is 0. The number of aliphatic carboxylic acids is 2. The van der Waals surface area contributed by atoms with Gasteiger partial charge in [-0.2, -0.15) is 0 Å². The summed E-state index contributed by atoms with van der Waals surface area (Å²) < 4.78 is 0. The van der Waals surface area contributed by atoms with E-state index in [1.165, 1.54) is 5.56 Å². The van der Waals surface area contributed by atoms with E-state index in [0.717, 1.165) is 18.5 Å². The normalized spacial score (nSPS) is 9.73. The maximum Gasteiger partial charge on any atom is 0.414 e. The predicted molar refractivity (Wildman–Crippen MR) is 95.0 cm³/mol. The highest BCUT2D eigenvalue weighted by Gasteiger charge is 2.10. The van der Waals surface area contributed by atoms with Crippen LogP contribution in [0.15, 0.2) is 48.5 Å². The van der Waals surface area contributed by atoms with Crippen LogP contribution in [0.1, 0.15) is 16.7 Å². The molecule has 0 amide bonds. The lowest BCUT2D eigenvalue weighted by molar-refractivity contribution is -0.385. The van der Waals surface area contributed by atoms with Crippen molar-refractivity contribution in [3.63, 3.8) is 0 Å². The highest BCUT2D eigenvalue weighted by Crippen LogP contribution is 2.19. The van der Waals surface area contributed by atoms with Crippen LogP contribution >= 0.6 is 0 Å². The zero-order chi connectivity index (χ0) is 19.5. The number of nitrogens with one attached hydrogen (secondary N) is 1. The van der Waals surface area contributed by atoms with E-state index in [-0.39, 0.29) is 10.6 Å². The first-order valence-corrected chi connectivity index (χ1v) is 7.76. The van der Waals surface area contributed by atoms with Gasteiger partial charge < -0.3 is 15.5 Å². The minimum Gasteiger partial charge on any atom is -0.473 e. The Bertz CT molecular complexity index is 750. The Labute approximate surface area is 150 Å². The van der Waals surface area contributed by atoms with Crippen molar-refractivity contribution in [1.29, 1.82) is 0 Å². The third-order valence-electron chi connectivity index (χ3n) is 3.42. The Kier molecular flexibility index (Phi) is 8.45. The van der Waals surface area contributed by atoms with E-state index in [2.05, 4.69) is 17.4 Å². The molecule has 0 bridgehead atoms. The molecule has 26 heavy (non-hydrogen) atoms. The van der Waals surface area contributed by atoms with Crippen molar-refractivity contribution in [1.82, 2.24) is 5.32 Å². The maximum absolute atomic E-state index is 10.9. The van der Waals surface area contributed by atoms with Crippen LogP contribution in [-0.4, -0.2) is 33.6 Å². The van der Waals surface area contributed by atoms with Gasteiger partial charge in [0.15, 0.2) is 0 Å². The lowest BCUT2D eigenvalue weighted by atomic mass is 10.1. The maximum atomic E-state index is 10.9. The van der Waals surface area contributed by atoms with Crippen LogP contribution in [0.4, 0.5) is 5.69 Å². The summed E-state index contributed by atoms with van der Waals surface area (Å²) in [5, 5.41) is 29.0. The minimum atomic E-state index is -1.82. The van der Waals surface area contributed by atoms with Gasteiger partial charge in [0.2, 0.25) is 0 Å². The second-order valence-electron chi connectivity index (χ2n) is 5.40. The van der Waals surface area contributed by atoms with Crippen molar-refractivity contribution in [2.75, 3.05) is 6.54 Å². The van der Waals surface area contributed by atoms with Gasteiger partial charge in [0.1, 0.15) is 0 Å². The fraction of sp³-hybridized carbons (Fsp3) is 0.222. The number of nitro groups is 1. The van der Waals surface area contributed by atoms with E-state index in [1.807, 2.05) is 24.3 Å². The zero-order valence-electron chi connectivity index (χ0n) is 14.2. The first-order chi connectivity index (χ1) is 12.3. The molecule has 0 aliphatic rings. The molecule has 2 rings (SSSR count). The van der Waals surface area contributed by atoms with Crippen LogP contribution < -0.4 is 5.32 Å². The number of hydrogen-bond acceptors (Lipinski definition) is 5. The largest absolute Gasteiger partial charge is 0.473 e. The summed E-state index contributed by atoms with van der Waals surface area (Å²) in [5.74, 6) is -3.65. The van der Waals surface area contributed by atoms with E-state index >= 15 is 0 Å². The molecule has 0 atom stereocenters. The van der Waals surface area contributed by atoms with Gasteiger partial charge in [-0.15, -0.1) is 0 Å². The molecule has 8 heteroatoms. The van der Waals surface area contributed by atoms with Crippen molar-refractivity contribution >= 4 is 17.6 Å². The molecule has 0 saturated carbocycles. The molecule has 0 saturated heterocycles. The SMILES string of the molecule is Cc1ccc(CNCCc2ccccc2)cc1[N+](=O)[O-].O=C(O)C(=O)O. The van der Waals surface area contributed by atoms with E-state index < -0.39 is 11.9 Å². The van der Waals surface area contributed by atoms with Crippen LogP contribution in [0.5, 0.6) is 0 Å². The highest BCUT2D eigenvalue weighted by atomic mass is 16.6. The number of hydrogen-bond donors (Lipinski definition) is 3. The zero-order valence-corrected chi connectivity index (χ0v) is 14.2. The van der Waals surface area contributed by atoms with Gasteiger partial charge in [0, 0.05) is 18.2 Å². The van der Waals surface area contributed by atoms with Crippen molar-refractivity contribution in [3.05, 3.63) is 75.3 Å². The van der Waals surface area contributed by atoms with Crippen LogP contribution in [0.25, 0.3) is 0 Å². The van der Waals surface area contributed by atoms with Gasteiger partial charge in [-0.25, -0.2) is 9.59 Å². The molecule has 8 nitrogen and oxygen atoms in total. The van der Waals surface area contributed by atoms with Crippen molar-refractivity contribution in [2.24, 2.45) is 0 Å². The molecular weight excluding hydrogens is 340 g/mol. The van der Waals surface area contributed by atoms with Crippen LogP contribution in [0.2, 0.25) is 0 Å². The first-order valence-electron chi connectivity index (χ1n) is 7.76. The Hall–Kier alpha value is -3.26. The number of carboxylic acid groups (broad SMARTS) is 2. The Morgan fingerprint density at radius 1 is 1.04 bits per heavy atom. The fourth-order valence-corrected chi connectivity index (χ4v) is 2.07. The Balaban J connectivity index is 0.000000487. The van der Waals surface area contributed by atoms with Gasteiger partial charge in [-0.1, -0.05) is 42.5 Å². The van der Waals surface area contributed by atoms with Gasteiger partial charge >= 0.3 is 11.9 Å². The molecule has 0 heterocycles. The Morgan fingerprint density at radius 3 is 2.19 bits per heavy atom. The van der Waals surface area contributed by atoms with Crippen molar-refractivity contribution < 1.29 is 24.7 Å². The third-order valence-corrected chi connectivity index (χ3v) is 3.42. The molecule has 0 radical (unpaired) electrons. The van der Waals surface area contributed by atoms with E-state index in [1.54, 1.807) is 19.1 Å². The topological polar surface area (TPSA) is 130 Å². The second kappa shape index (κ2) is 10.6. The monoisotopic (exact) mass is 360 g/mol. The molecule has 0 unspecified atom stereocenters. The number of carbonyl (C=O) groups is 2. The van der Waals surface area contributed by atoms with Crippen LogP contribution in [-0.2, 0) is 22.6 Å². The van der Waals surface area contributed by atoms with Crippen molar-refractivity contribution in [3.8, 4) is 0 Å². The summed E-state index contributed by atoms with van der Waals surface area (Å²) in [4.78, 5) is 28.7. The average Bonchev–Trinajstić information content (AvgIpc) is 2.61. The fourth-order valence-electron chi connectivity index (χ4n) is 2.07. The molecule has 2 aromatic rings. The van der Waals surface area contributed by atoms with E-state index in [0.29, 0.717) is 12.1 Å². The molecule has 0 spiro atoms. The van der Waals surface area contributed by atoms with Crippen molar-refractivity contribution in [2.45, 2.75) is 19.9 Å². The second-order valence-corrected chi connectivity index (χ2v) is 5.40. The predicted octanol–water partition coefficient (Wildman–Crippen LogP) is 2.39. The molecule has 0 fully saturated rings. The molecular formula is C18H20N2O6. The molecule has 0 aliphatic heterocycles. The third kappa shape index (κ3) is 7.54. The molecule has 2 aromatic carbocycles. The number of benzene rings is 2. The summed E-state index contributed by atoms with van der Waals surface area (Å²) in [6, 6.07) is 15.6.